The van der Waals surface area contributed by atoms with Gasteiger partial charge in [0.1, 0.15) is 5.60 Å². The van der Waals surface area contributed by atoms with E-state index in [0.29, 0.717) is 33.4 Å². The molecule has 0 aliphatic carbocycles. The summed E-state index contributed by atoms with van der Waals surface area (Å²) in [7, 11) is 4.17. The number of carbonyl (C=O) groups is 1. The average molecular weight is 1130 g/mol. The fourth-order valence-corrected chi connectivity index (χ4v) is 9.88. The molecule has 0 bridgehead atoms. The van der Waals surface area contributed by atoms with Crippen LogP contribution >= 0.6 is 34.8 Å². The van der Waals surface area contributed by atoms with Gasteiger partial charge in [0, 0.05) is 90.0 Å². The van der Waals surface area contributed by atoms with Gasteiger partial charge in [-0.05, 0) is 102 Å². The van der Waals surface area contributed by atoms with Crippen molar-refractivity contribution in [3.05, 3.63) is 149 Å². The Bertz CT molecular complexity index is 3230. The normalized spacial score (nSPS) is 17.4. The number of benzene rings is 4. The zero-order chi connectivity index (χ0) is 54.9. The van der Waals surface area contributed by atoms with Gasteiger partial charge in [-0.2, -0.15) is 16.8 Å². The number of nitrogens with two attached hydrogens (primary N) is 1. The van der Waals surface area contributed by atoms with Crippen LogP contribution in [0.1, 0.15) is 40.5 Å². The summed E-state index contributed by atoms with van der Waals surface area (Å²) < 4.78 is 42.9. The Labute approximate surface area is 464 Å². The minimum Gasteiger partial charge on any atom is -0.444 e. The number of halogens is 3. The Morgan fingerprint density at radius 2 is 1.11 bits per heavy atom. The molecule has 17 nitrogen and oxygen atoms in total. The highest BCUT2D eigenvalue weighted by molar-refractivity contribution is 7.52. The molecule has 6 heterocycles. The lowest BCUT2D eigenvalue weighted by molar-refractivity contribution is 0.0476. The molecule has 0 unspecified atom stereocenters. The molecule has 4 aromatic carbocycles. The first-order chi connectivity index (χ1) is 36.4. The molecule has 1 amide bonds. The SMILES string of the molecule is CN1C[C@@H](NC(=O)OC(C)(C)C)C[C@@H](Nc2ncc(Cl)c(-c3cn(-c4ccccc4)c4ccccc34)n2)C1.C[C@@H]1C[C@H](N)CN(C)C1.Clc1ncc(Cl)c(-c2cn(-c3ccccc3)c3ccccc23)n1.O=S=O.O=S=O. The van der Waals surface area contributed by atoms with E-state index < -0.39 is 34.8 Å². The topological polar surface area (TPSA) is 213 Å². The lowest BCUT2D eigenvalue weighted by Gasteiger charge is -2.36. The smallest absolute Gasteiger partial charge is 0.407 e. The van der Waals surface area contributed by atoms with Crippen LogP contribution in [0.25, 0.3) is 55.7 Å². The number of ether oxygens (including phenoxy) is 1. The molecular weight excluding hydrogens is 1070 g/mol. The third-order valence-electron chi connectivity index (χ3n) is 12.0. The number of piperidine rings is 2. The number of aromatic nitrogens is 6. The molecule has 2 aliphatic rings. The largest absolute Gasteiger partial charge is 0.444 e. The second-order valence-electron chi connectivity index (χ2n) is 19.4. The Morgan fingerprint density at radius 1 is 0.645 bits per heavy atom. The number of nitrogens with one attached hydrogen (secondary N) is 2. The monoisotopic (exact) mass is 1130 g/mol. The number of amides is 1. The summed E-state index contributed by atoms with van der Waals surface area (Å²) in [6.45, 7) is 11.7. The van der Waals surface area contributed by atoms with Crippen LogP contribution in [0.2, 0.25) is 15.3 Å². The summed E-state index contributed by atoms with van der Waals surface area (Å²) in [5.74, 6) is 1.29. The highest BCUT2D eigenvalue weighted by Crippen LogP contribution is 2.37. The number of alkyl carbamates (subject to hydrolysis) is 1. The molecule has 4 N–H and O–H groups in total. The molecule has 10 rings (SSSR count). The van der Waals surface area contributed by atoms with E-state index in [9.17, 15) is 4.79 Å². The van der Waals surface area contributed by atoms with E-state index >= 15 is 0 Å². The van der Waals surface area contributed by atoms with Crippen LogP contribution in [-0.2, 0) is 27.9 Å². The summed E-state index contributed by atoms with van der Waals surface area (Å²) in [5.41, 5.74) is 12.7. The van der Waals surface area contributed by atoms with E-state index in [1.54, 1.807) is 6.20 Å². The zero-order valence-corrected chi connectivity index (χ0v) is 46.7. The zero-order valence-electron chi connectivity index (χ0n) is 42.8. The van der Waals surface area contributed by atoms with Crippen molar-refractivity contribution in [2.75, 3.05) is 45.6 Å². The predicted molar refractivity (Wildman–Crippen MR) is 303 cm³/mol. The minimum atomic E-state index is -0.750. The molecule has 76 heavy (non-hydrogen) atoms. The van der Waals surface area contributed by atoms with Crippen molar-refractivity contribution in [3.63, 3.8) is 0 Å². The number of likely N-dealkylation sites (N-methyl/N-ethyl adjacent to an activating group) is 2. The molecule has 0 spiro atoms. The standard InChI is InChI=1S/C29H33ClN6O2.C18H11Cl2N3.C7H16N2.2O2S/c1-29(2,3)38-28(37)33-20-14-19(16-35(4)17-20)32-27-31-15-24(30)26(34-27)23-18-36(21-10-6-5-7-11-21)25-13-9-8-12-22(23)25;19-15-10-21-18(20)22-17(15)14-11-23(12-6-2-1-3-7-12)16-9-5-4-8-13(14)16;1-6-3-7(8)5-9(2)4-6;2*1-3-2/h5-13,15,18-20H,14,16-17H2,1-4H3,(H,33,37)(H,31,32,34);1-11H;6-7H,3-5,8H2,1-2H3;;/t19-,20+;;6-,7+;;/m1.1../s1. The fraction of sp³-hybridized carbons (Fsp3) is 0.315. The number of nitrogens with zero attached hydrogens (tertiary/aromatic N) is 8. The van der Waals surface area contributed by atoms with Gasteiger partial charge in [-0.3, -0.25) is 0 Å². The van der Waals surface area contributed by atoms with Crippen molar-refractivity contribution < 1.29 is 26.4 Å². The Hall–Kier alpha value is -6.42. The number of hydrogen-bond donors (Lipinski definition) is 3. The van der Waals surface area contributed by atoms with E-state index in [2.05, 4.69) is 113 Å². The Balaban J connectivity index is 0.000000207. The van der Waals surface area contributed by atoms with Gasteiger partial charge in [0.25, 0.3) is 0 Å². The average Bonchev–Trinajstić information content (AvgIpc) is 3.97. The molecule has 22 heteroatoms. The van der Waals surface area contributed by atoms with Crippen molar-refractivity contribution in [2.24, 2.45) is 11.7 Å². The number of carbonyl (C=O) groups excluding carboxylic acids is 1. The van der Waals surface area contributed by atoms with Crippen LogP contribution in [0.15, 0.2) is 134 Å². The lowest BCUT2D eigenvalue weighted by Crippen LogP contribution is -2.53. The van der Waals surface area contributed by atoms with Crippen LogP contribution < -0.4 is 16.4 Å². The fourth-order valence-electron chi connectivity index (χ4n) is 9.36. The minimum absolute atomic E-state index is 0.0355. The lowest BCUT2D eigenvalue weighted by atomic mass is 9.97. The van der Waals surface area contributed by atoms with Gasteiger partial charge < -0.3 is 40.0 Å². The van der Waals surface area contributed by atoms with Gasteiger partial charge in [-0.25, -0.2) is 24.7 Å². The van der Waals surface area contributed by atoms with E-state index in [1.807, 2.05) is 94.7 Å². The van der Waals surface area contributed by atoms with Crippen molar-refractivity contribution in [1.82, 2.24) is 44.2 Å². The maximum absolute atomic E-state index is 12.3. The molecule has 4 aromatic heterocycles. The third kappa shape index (κ3) is 16.5. The van der Waals surface area contributed by atoms with Gasteiger partial charge in [0.15, 0.2) is 0 Å². The van der Waals surface area contributed by atoms with Gasteiger partial charge in [0.05, 0.1) is 44.9 Å². The summed E-state index contributed by atoms with van der Waals surface area (Å²) in [4.78, 5) is 34.4. The predicted octanol–water partition coefficient (Wildman–Crippen LogP) is 10.1. The highest BCUT2D eigenvalue weighted by Gasteiger charge is 2.29. The molecule has 2 aliphatic heterocycles. The van der Waals surface area contributed by atoms with Gasteiger partial charge in [-0.1, -0.05) is 103 Å². The number of likely N-dealkylation sites (tertiary alicyclic amines) is 2. The second-order valence-corrected chi connectivity index (χ2v) is 20.8. The first-order valence-corrected chi connectivity index (χ1v) is 26.6. The molecule has 2 fully saturated rings. The summed E-state index contributed by atoms with van der Waals surface area (Å²) >= 11 is 17.4. The molecule has 8 aromatic rings. The first kappa shape index (κ1) is 58.8. The number of para-hydroxylation sites is 4. The van der Waals surface area contributed by atoms with Crippen LogP contribution in [0.3, 0.4) is 0 Å². The number of fused-ring (bicyclic) bond motifs is 2. The number of rotatable bonds is 7. The molecule has 4 atom stereocenters. The quantitative estimate of drug-likeness (QED) is 0.127. The Morgan fingerprint density at radius 3 is 1.61 bits per heavy atom. The number of hydrogen-bond acceptors (Lipinski definition) is 14. The van der Waals surface area contributed by atoms with Crippen LogP contribution in [-0.4, -0.2) is 126 Å². The van der Waals surface area contributed by atoms with Crippen molar-refractivity contribution in [2.45, 2.75) is 64.3 Å². The van der Waals surface area contributed by atoms with E-state index in [-0.39, 0.29) is 17.4 Å². The maximum atomic E-state index is 12.3. The molecule has 2 saturated heterocycles. The van der Waals surface area contributed by atoms with Crippen molar-refractivity contribution in [1.29, 1.82) is 0 Å². The number of anilines is 1. The van der Waals surface area contributed by atoms with E-state index in [4.69, 9.17) is 67.1 Å². The van der Waals surface area contributed by atoms with Gasteiger partial charge in [0.2, 0.25) is 11.2 Å². The van der Waals surface area contributed by atoms with E-state index in [1.165, 1.54) is 19.2 Å². The molecule has 0 radical (unpaired) electrons. The second kappa shape index (κ2) is 28.1. The Kier molecular flexibility index (Phi) is 21.8. The highest BCUT2D eigenvalue weighted by atomic mass is 35.5. The summed E-state index contributed by atoms with van der Waals surface area (Å²) in [5, 5.41) is 9.73. The third-order valence-corrected chi connectivity index (χ3v) is 12.8. The molecule has 400 valence electrons. The molecule has 0 saturated carbocycles. The van der Waals surface area contributed by atoms with Crippen molar-refractivity contribution >= 4 is 91.8 Å². The molecular formula is C54H60Cl3N11O6S2. The van der Waals surface area contributed by atoms with Gasteiger partial charge >= 0.3 is 29.2 Å². The summed E-state index contributed by atoms with van der Waals surface area (Å²) in [6, 6.07) is 37.1. The van der Waals surface area contributed by atoms with Crippen molar-refractivity contribution in [3.8, 4) is 33.9 Å². The van der Waals surface area contributed by atoms with Crippen LogP contribution in [0.5, 0.6) is 0 Å². The first-order valence-electron chi connectivity index (χ1n) is 24.2. The van der Waals surface area contributed by atoms with Crippen LogP contribution in [0.4, 0.5) is 10.7 Å². The summed E-state index contributed by atoms with van der Waals surface area (Å²) in [6.07, 6.45) is 8.79. The van der Waals surface area contributed by atoms with Gasteiger partial charge in [-0.15, -0.1) is 0 Å². The van der Waals surface area contributed by atoms with Crippen LogP contribution in [0, 0.1) is 5.92 Å². The van der Waals surface area contributed by atoms with E-state index in [0.717, 1.165) is 76.3 Å². The maximum Gasteiger partial charge on any atom is 0.407 e.